The molecule has 8 heteroatoms. The summed E-state index contributed by atoms with van der Waals surface area (Å²) in [6.45, 7) is 4.45. The van der Waals surface area contributed by atoms with E-state index < -0.39 is 0 Å². The van der Waals surface area contributed by atoms with Crippen molar-refractivity contribution in [3.8, 4) is 5.75 Å². The van der Waals surface area contributed by atoms with Crippen LogP contribution in [0.15, 0.2) is 51.6 Å². The number of amides is 1. The van der Waals surface area contributed by atoms with Crippen LogP contribution in [0, 0.1) is 6.92 Å². The van der Waals surface area contributed by atoms with Crippen molar-refractivity contribution in [2.24, 2.45) is 15.1 Å². The van der Waals surface area contributed by atoms with Gasteiger partial charge < -0.3 is 14.7 Å². The van der Waals surface area contributed by atoms with Crippen LogP contribution < -0.4 is 14.6 Å². The van der Waals surface area contributed by atoms with E-state index in [2.05, 4.69) is 15.1 Å². The lowest BCUT2D eigenvalue weighted by atomic mass is 10.1. The number of aliphatic hydroxyl groups excluding tert-OH is 1. The van der Waals surface area contributed by atoms with Gasteiger partial charge in [-0.15, -0.1) is 0 Å². The van der Waals surface area contributed by atoms with E-state index in [0.717, 1.165) is 5.56 Å². The van der Waals surface area contributed by atoms with Gasteiger partial charge in [0.2, 0.25) is 0 Å². The van der Waals surface area contributed by atoms with E-state index in [-0.39, 0.29) is 19.1 Å². The molecule has 1 aromatic carbocycles. The maximum atomic E-state index is 12.4. The van der Waals surface area contributed by atoms with Crippen LogP contribution in [0.4, 0.5) is 5.69 Å². The van der Waals surface area contributed by atoms with Crippen molar-refractivity contribution in [3.05, 3.63) is 53.1 Å². The number of guanidine groups is 1. The third kappa shape index (κ3) is 4.17. The van der Waals surface area contributed by atoms with Crippen LogP contribution in [0.1, 0.15) is 22.8 Å². The maximum absolute atomic E-state index is 12.4. The van der Waals surface area contributed by atoms with E-state index in [0.29, 0.717) is 35.1 Å². The number of aromatic nitrogens is 1. The summed E-state index contributed by atoms with van der Waals surface area (Å²) < 4.78 is 7.33. The van der Waals surface area contributed by atoms with Crippen molar-refractivity contribution >= 4 is 17.6 Å². The average Bonchev–Trinajstić information content (AvgIpc) is 3.04. The highest BCUT2D eigenvalue weighted by molar-refractivity contribution is 5.95. The lowest BCUT2D eigenvalue weighted by molar-refractivity contribution is -0.554. The number of benzene rings is 1. The van der Waals surface area contributed by atoms with Gasteiger partial charge in [-0.3, -0.25) is 4.79 Å². The van der Waals surface area contributed by atoms with Gasteiger partial charge >= 0.3 is 11.4 Å². The van der Waals surface area contributed by atoms with Crippen molar-refractivity contribution in [1.29, 1.82) is 0 Å². The summed E-state index contributed by atoms with van der Waals surface area (Å²) in [6, 6.07) is 8.88. The molecule has 0 bridgehead atoms. The molecule has 8 nitrogen and oxygen atoms in total. The van der Waals surface area contributed by atoms with E-state index in [4.69, 9.17) is 9.84 Å². The van der Waals surface area contributed by atoms with Gasteiger partial charge in [-0.1, -0.05) is 4.36 Å². The van der Waals surface area contributed by atoms with E-state index in [9.17, 15) is 4.79 Å². The zero-order valence-electron chi connectivity index (χ0n) is 15.6. The summed E-state index contributed by atoms with van der Waals surface area (Å²) >= 11 is 0. The Labute approximate surface area is 156 Å². The number of nitrogens with zero attached hydrogens (tertiary/aromatic N) is 5. The molecular weight excluding hydrogens is 346 g/mol. The highest BCUT2D eigenvalue weighted by Crippen LogP contribution is 2.29. The Bertz CT molecular complexity index is 1020. The van der Waals surface area contributed by atoms with Crippen LogP contribution in [0.5, 0.6) is 5.75 Å². The number of aliphatic hydroxyl groups is 1. The monoisotopic (exact) mass is 368 g/mol. The summed E-state index contributed by atoms with van der Waals surface area (Å²) in [5, 5.41) is 13.4. The lowest BCUT2D eigenvalue weighted by Gasteiger charge is -2.16. The molecule has 2 heterocycles. The molecule has 1 N–H and O–H groups in total. The van der Waals surface area contributed by atoms with Crippen LogP contribution >= 0.6 is 0 Å². The van der Waals surface area contributed by atoms with Gasteiger partial charge in [-0.25, -0.2) is 0 Å². The summed E-state index contributed by atoms with van der Waals surface area (Å²) in [7, 11) is 1.64. The number of carbonyl (C=O) groups is 1. The zero-order valence-corrected chi connectivity index (χ0v) is 15.6. The molecule has 0 fully saturated rings. The number of rotatable bonds is 6. The van der Waals surface area contributed by atoms with Gasteiger partial charge in [0.15, 0.2) is 0 Å². The van der Waals surface area contributed by atoms with Gasteiger partial charge in [-0.05, 0) is 48.8 Å². The van der Waals surface area contributed by atoms with Crippen molar-refractivity contribution in [3.63, 3.8) is 0 Å². The number of aliphatic imine (C=N–C) groups is 1. The van der Waals surface area contributed by atoms with Crippen LogP contribution in [-0.2, 0) is 0 Å². The normalized spacial score (nSPS) is 13.7. The first kappa shape index (κ1) is 18.7. The number of hydrogen-bond donors (Lipinski definition) is 1. The van der Waals surface area contributed by atoms with E-state index >= 15 is 0 Å². The molecule has 1 amide bonds. The number of pyridine rings is 1. The number of carbonyl (C=O) groups excluding carboxylic acids is 1. The number of fused-ring (bicyclic) bond motifs is 1. The Kier molecular flexibility index (Phi) is 5.56. The fourth-order valence-electron chi connectivity index (χ4n) is 2.61. The molecule has 140 valence electrons. The number of hydrogen-bond acceptors (Lipinski definition) is 4. The predicted octanol–water partition coefficient (Wildman–Crippen LogP) is 1.10. The van der Waals surface area contributed by atoms with Gasteiger partial charge in [-0.2, -0.15) is 4.99 Å². The van der Waals surface area contributed by atoms with E-state index in [1.54, 1.807) is 29.6 Å². The minimum Gasteiger partial charge on any atom is -0.492 e. The molecule has 0 aliphatic carbocycles. The summed E-state index contributed by atoms with van der Waals surface area (Å²) in [4.78, 5) is 22.7. The number of ether oxygens (including phenoxy) is 1. The standard InChI is InChI=1S/C19H22N5O3/c1-4-27-16-11-14(18(26)23(3)9-10-25)6-7-15(16)20-19-21-17-8-5-13(2)12-24(17)22-19/h5-8,11-12,25H,4,9-10H2,1-3H3/q+1. The highest BCUT2D eigenvalue weighted by atomic mass is 16.5. The fourth-order valence-corrected chi connectivity index (χ4v) is 2.61. The molecule has 1 aliphatic rings. The first-order chi connectivity index (χ1) is 13.0. The first-order valence-electron chi connectivity index (χ1n) is 8.69. The molecule has 1 aliphatic heterocycles. The molecular formula is C19H22N5O3+. The van der Waals surface area contributed by atoms with Crippen LogP contribution in [0.3, 0.4) is 0 Å². The highest BCUT2D eigenvalue weighted by Gasteiger charge is 2.18. The second kappa shape index (κ2) is 8.05. The molecule has 2 aromatic rings. The van der Waals surface area contributed by atoms with Crippen LogP contribution in [0.25, 0.3) is 0 Å². The van der Waals surface area contributed by atoms with E-state index in [1.807, 2.05) is 32.2 Å². The Balaban J connectivity index is 1.95. The van der Waals surface area contributed by atoms with Crippen molar-refractivity contribution in [2.75, 3.05) is 26.8 Å². The fraction of sp³-hybridized carbons (Fsp3) is 0.316. The minimum atomic E-state index is -0.196. The topological polar surface area (TPSA) is 92.8 Å². The maximum Gasteiger partial charge on any atom is 0.401 e. The Morgan fingerprint density at radius 3 is 2.89 bits per heavy atom. The molecule has 0 spiro atoms. The summed E-state index contributed by atoms with van der Waals surface area (Å²) in [5.41, 5.74) is 2.79. The van der Waals surface area contributed by atoms with Gasteiger partial charge in [0.05, 0.1) is 13.2 Å². The molecule has 0 unspecified atom stereocenters. The third-order valence-electron chi connectivity index (χ3n) is 3.98. The van der Waals surface area contributed by atoms with Crippen LogP contribution in [0.2, 0.25) is 0 Å². The molecule has 0 radical (unpaired) electrons. The number of aryl methyl sites for hydroxylation is 1. The van der Waals surface area contributed by atoms with Crippen molar-refractivity contribution < 1.29 is 19.0 Å². The Morgan fingerprint density at radius 1 is 1.33 bits per heavy atom. The molecule has 0 saturated carbocycles. The largest absolute Gasteiger partial charge is 0.492 e. The molecule has 0 atom stereocenters. The second-order valence-electron chi connectivity index (χ2n) is 6.10. The Morgan fingerprint density at radius 2 is 2.15 bits per heavy atom. The Hall–Kier alpha value is -3.13. The van der Waals surface area contributed by atoms with E-state index in [1.165, 1.54) is 4.90 Å². The predicted molar refractivity (Wildman–Crippen MR) is 99.1 cm³/mol. The zero-order chi connectivity index (χ0) is 19.4. The second-order valence-corrected chi connectivity index (χ2v) is 6.10. The lowest BCUT2D eigenvalue weighted by Crippen LogP contribution is -2.33. The molecule has 1 aromatic heterocycles. The quantitative estimate of drug-likeness (QED) is 0.774. The summed E-state index contributed by atoms with van der Waals surface area (Å²) in [6.07, 6.45) is 1.88. The molecule has 0 saturated heterocycles. The molecule has 27 heavy (non-hydrogen) atoms. The number of likely N-dealkylation sites (N-methyl/N-ethyl adjacent to an activating group) is 1. The average molecular weight is 368 g/mol. The van der Waals surface area contributed by atoms with Gasteiger partial charge in [0.1, 0.15) is 17.6 Å². The summed E-state index contributed by atoms with van der Waals surface area (Å²) in [5.74, 6) is 0.603. The minimum absolute atomic E-state index is 0.0903. The SMILES string of the molecule is CCOc1cc(C(=O)N(C)CCO)ccc1N=C1N=c2ccc(C)c[n+]2=N1. The van der Waals surface area contributed by atoms with Crippen molar-refractivity contribution in [2.45, 2.75) is 13.8 Å². The van der Waals surface area contributed by atoms with Crippen LogP contribution in [-0.4, -0.2) is 48.7 Å². The first-order valence-corrected chi connectivity index (χ1v) is 8.69. The van der Waals surface area contributed by atoms with Crippen molar-refractivity contribution in [1.82, 2.24) is 4.90 Å². The molecule has 3 rings (SSSR count). The van der Waals surface area contributed by atoms with Gasteiger partial charge in [0, 0.05) is 30.2 Å². The third-order valence-corrected chi connectivity index (χ3v) is 3.98. The van der Waals surface area contributed by atoms with Gasteiger partial charge in [0.25, 0.3) is 5.91 Å². The smallest absolute Gasteiger partial charge is 0.401 e.